The van der Waals surface area contributed by atoms with Gasteiger partial charge in [0.15, 0.2) is 6.61 Å². The largest absolute Gasteiger partial charge is 0.482 e. The van der Waals surface area contributed by atoms with Gasteiger partial charge >= 0.3 is 0 Å². The van der Waals surface area contributed by atoms with Gasteiger partial charge in [-0.2, -0.15) is 0 Å². The van der Waals surface area contributed by atoms with Crippen molar-refractivity contribution in [3.63, 3.8) is 0 Å². The van der Waals surface area contributed by atoms with E-state index >= 15 is 0 Å². The highest BCUT2D eigenvalue weighted by Crippen LogP contribution is 2.28. The Morgan fingerprint density at radius 2 is 2.00 bits per heavy atom. The number of halogens is 1. The summed E-state index contributed by atoms with van der Waals surface area (Å²) in [6, 6.07) is 8.95. The second kappa shape index (κ2) is 7.47. The number of ether oxygens (including phenoxy) is 1. The van der Waals surface area contributed by atoms with Crippen LogP contribution in [0.15, 0.2) is 47.4 Å². The maximum absolute atomic E-state index is 11.9. The molecule has 25 heavy (non-hydrogen) atoms. The normalized spacial score (nSPS) is 11.0. The Balaban J connectivity index is 2.01. The van der Waals surface area contributed by atoms with E-state index in [1.807, 2.05) is 0 Å². The fourth-order valence-electron chi connectivity index (χ4n) is 1.81. The van der Waals surface area contributed by atoms with Crippen LogP contribution < -0.4 is 15.2 Å². The first kappa shape index (κ1) is 18.6. The Bertz CT molecular complexity index is 932. The molecule has 1 amide bonds. The number of nitrogens with zero attached hydrogens (tertiary/aromatic N) is 1. The maximum atomic E-state index is 11.9. The van der Waals surface area contributed by atoms with Gasteiger partial charge in [-0.25, -0.2) is 13.6 Å². The van der Waals surface area contributed by atoms with Gasteiger partial charge in [-0.1, -0.05) is 17.7 Å². The van der Waals surface area contributed by atoms with Crippen molar-refractivity contribution in [2.45, 2.75) is 4.90 Å². The third kappa shape index (κ3) is 5.14. The number of nitro groups is 1. The molecule has 0 aromatic heterocycles. The van der Waals surface area contributed by atoms with E-state index in [-0.39, 0.29) is 27.0 Å². The zero-order valence-corrected chi connectivity index (χ0v) is 14.1. The van der Waals surface area contributed by atoms with E-state index in [2.05, 4.69) is 5.32 Å². The third-order valence-electron chi connectivity index (χ3n) is 2.93. The van der Waals surface area contributed by atoms with E-state index in [0.29, 0.717) is 0 Å². The Labute approximate surface area is 147 Å². The summed E-state index contributed by atoms with van der Waals surface area (Å²) in [6.45, 7) is -0.433. The molecule has 0 unspecified atom stereocenters. The Kier molecular flexibility index (Phi) is 5.57. The molecular weight excluding hydrogens is 374 g/mol. The molecule has 2 aromatic rings. The van der Waals surface area contributed by atoms with Gasteiger partial charge in [0, 0.05) is 17.8 Å². The molecule has 9 nitrogen and oxygen atoms in total. The average Bonchev–Trinajstić information content (AvgIpc) is 2.53. The van der Waals surface area contributed by atoms with Crippen molar-refractivity contribution in [2.75, 3.05) is 11.9 Å². The Morgan fingerprint density at radius 3 is 2.60 bits per heavy atom. The van der Waals surface area contributed by atoms with Gasteiger partial charge in [0.25, 0.3) is 11.6 Å². The molecule has 2 aromatic carbocycles. The van der Waals surface area contributed by atoms with Crippen molar-refractivity contribution >= 4 is 38.9 Å². The first-order valence-corrected chi connectivity index (χ1v) is 8.59. The highest BCUT2D eigenvalue weighted by molar-refractivity contribution is 7.89. The van der Waals surface area contributed by atoms with Gasteiger partial charge in [-0.3, -0.25) is 14.9 Å². The molecule has 0 spiro atoms. The van der Waals surface area contributed by atoms with Gasteiger partial charge in [0.05, 0.1) is 14.8 Å². The molecule has 0 fully saturated rings. The molecule has 11 heteroatoms. The zero-order valence-electron chi connectivity index (χ0n) is 12.5. The van der Waals surface area contributed by atoms with Gasteiger partial charge in [0.2, 0.25) is 10.0 Å². The summed E-state index contributed by atoms with van der Waals surface area (Å²) >= 11 is 5.85. The smallest absolute Gasteiger partial charge is 0.271 e. The second-order valence-corrected chi connectivity index (χ2v) is 6.75. The SMILES string of the molecule is NS(=O)(=O)c1cccc(NC(=O)COc2ccc([N+](=O)[O-])cc2Cl)c1. The van der Waals surface area contributed by atoms with Crippen LogP contribution in [0.4, 0.5) is 11.4 Å². The number of carbonyl (C=O) groups is 1. The molecule has 0 saturated heterocycles. The standard InChI is InChI=1S/C14H12ClN3O6S/c15-12-7-10(18(20)21)4-5-13(12)24-8-14(19)17-9-2-1-3-11(6-9)25(16,22)23/h1-7H,8H2,(H,17,19)(H2,16,22,23). The first-order valence-electron chi connectivity index (χ1n) is 6.66. The van der Waals surface area contributed by atoms with Crippen molar-refractivity contribution in [3.05, 3.63) is 57.6 Å². The maximum Gasteiger partial charge on any atom is 0.271 e. The molecule has 0 aliphatic rings. The summed E-state index contributed by atoms with van der Waals surface area (Å²) in [6.07, 6.45) is 0. The van der Waals surface area contributed by atoms with Crippen molar-refractivity contribution < 1.29 is 22.9 Å². The number of carbonyl (C=O) groups excluding carboxylic acids is 1. The number of rotatable bonds is 6. The predicted octanol–water partition coefficient (Wildman–Crippen LogP) is 1.91. The third-order valence-corrected chi connectivity index (χ3v) is 4.14. The molecular formula is C14H12ClN3O6S. The minimum atomic E-state index is -3.89. The minimum Gasteiger partial charge on any atom is -0.482 e. The molecule has 2 rings (SSSR count). The first-order chi connectivity index (χ1) is 11.7. The molecule has 0 bridgehead atoms. The number of amides is 1. The second-order valence-electron chi connectivity index (χ2n) is 4.78. The lowest BCUT2D eigenvalue weighted by Gasteiger charge is -2.09. The van der Waals surface area contributed by atoms with E-state index in [0.717, 1.165) is 6.07 Å². The van der Waals surface area contributed by atoms with Crippen molar-refractivity contribution in [1.82, 2.24) is 0 Å². The highest BCUT2D eigenvalue weighted by atomic mass is 35.5. The summed E-state index contributed by atoms with van der Waals surface area (Å²) < 4.78 is 27.7. The highest BCUT2D eigenvalue weighted by Gasteiger charge is 2.13. The zero-order chi connectivity index (χ0) is 18.6. The summed E-state index contributed by atoms with van der Waals surface area (Å²) in [5, 5.41) is 18.1. The molecule has 3 N–H and O–H groups in total. The lowest BCUT2D eigenvalue weighted by Crippen LogP contribution is -2.20. The summed E-state index contributed by atoms with van der Waals surface area (Å²) in [5.74, 6) is -0.485. The van der Waals surface area contributed by atoms with Crippen LogP contribution in [0.2, 0.25) is 5.02 Å². The van der Waals surface area contributed by atoms with Gasteiger partial charge in [0.1, 0.15) is 5.75 Å². The fraction of sp³-hybridized carbons (Fsp3) is 0.0714. The van der Waals surface area contributed by atoms with Crippen LogP contribution in [0.25, 0.3) is 0 Å². The Hall–Kier alpha value is -2.69. The van der Waals surface area contributed by atoms with E-state index in [1.165, 1.54) is 36.4 Å². The number of hydrogen-bond donors (Lipinski definition) is 2. The number of benzene rings is 2. The predicted molar refractivity (Wildman–Crippen MR) is 90.0 cm³/mol. The molecule has 0 aliphatic carbocycles. The van der Waals surface area contributed by atoms with E-state index < -0.39 is 27.5 Å². The topological polar surface area (TPSA) is 142 Å². The van der Waals surface area contributed by atoms with Crippen LogP contribution in [-0.2, 0) is 14.8 Å². The number of anilines is 1. The molecule has 0 aliphatic heterocycles. The van der Waals surface area contributed by atoms with Crippen LogP contribution in [0.3, 0.4) is 0 Å². The van der Waals surface area contributed by atoms with Crippen LogP contribution in [0, 0.1) is 10.1 Å². The molecule has 0 saturated carbocycles. The van der Waals surface area contributed by atoms with Crippen molar-refractivity contribution in [1.29, 1.82) is 0 Å². The van der Waals surface area contributed by atoms with Gasteiger partial charge < -0.3 is 10.1 Å². The molecule has 132 valence electrons. The van der Waals surface area contributed by atoms with Gasteiger partial charge in [-0.15, -0.1) is 0 Å². The molecule has 0 atom stereocenters. The number of primary sulfonamides is 1. The summed E-state index contributed by atoms with van der Waals surface area (Å²) in [7, 11) is -3.89. The Morgan fingerprint density at radius 1 is 1.28 bits per heavy atom. The monoisotopic (exact) mass is 385 g/mol. The number of sulfonamides is 1. The van der Waals surface area contributed by atoms with Crippen LogP contribution in [0.5, 0.6) is 5.75 Å². The number of nitrogens with one attached hydrogen (secondary N) is 1. The van der Waals surface area contributed by atoms with E-state index in [1.54, 1.807) is 0 Å². The van der Waals surface area contributed by atoms with Gasteiger partial charge in [-0.05, 0) is 24.3 Å². The number of non-ortho nitro benzene ring substituents is 1. The number of hydrogen-bond acceptors (Lipinski definition) is 6. The van der Waals surface area contributed by atoms with Crippen LogP contribution in [0.1, 0.15) is 0 Å². The van der Waals surface area contributed by atoms with E-state index in [4.69, 9.17) is 21.5 Å². The lowest BCUT2D eigenvalue weighted by molar-refractivity contribution is -0.384. The number of nitro benzene ring substituents is 1. The lowest BCUT2D eigenvalue weighted by atomic mass is 10.3. The summed E-state index contributed by atoms with van der Waals surface area (Å²) in [5.41, 5.74) is 0.0107. The fourth-order valence-corrected chi connectivity index (χ4v) is 2.60. The summed E-state index contributed by atoms with van der Waals surface area (Å²) in [4.78, 5) is 21.7. The van der Waals surface area contributed by atoms with Crippen LogP contribution in [-0.4, -0.2) is 25.9 Å². The van der Waals surface area contributed by atoms with Crippen molar-refractivity contribution in [3.8, 4) is 5.75 Å². The number of nitrogens with two attached hydrogens (primary N) is 1. The average molecular weight is 386 g/mol. The van der Waals surface area contributed by atoms with E-state index in [9.17, 15) is 23.3 Å². The minimum absolute atomic E-state index is 0.0155. The van der Waals surface area contributed by atoms with Crippen molar-refractivity contribution in [2.24, 2.45) is 5.14 Å². The molecule has 0 radical (unpaired) electrons. The molecule has 0 heterocycles. The quantitative estimate of drug-likeness (QED) is 0.574. The van der Waals surface area contributed by atoms with Crippen LogP contribution >= 0.6 is 11.6 Å².